The number of hydrogen-bond donors (Lipinski definition) is 1. The minimum atomic E-state index is -0.403. The van der Waals surface area contributed by atoms with Crippen molar-refractivity contribution in [2.45, 2.75) is 24.6 Å². The van der Waals surface area contributed by atoms with Gasteiger partial charge in [-0.15, -0.1) is 10.2 Å². The van der Waals surface area contributed by atoms with Crippen molar-refractivity contribution in [3.8, 4) is 5.75 Å². The Morgan fingerprint density at radius 1 is 1.35 bits per heavy atom. The van der Waals surface area contributed by atoms with Gasteiger partial charge < -0.3 is 15.0 Å². The summed E-state index contributed by atoms with van der Waals surface area (Å²) in [6.45, 7) is 4.90. The molecule has 1 aromatic carbocycles. The molecule has 0 aliphatic carbocycles. The van der Waals surface area contributed by atoms with Crippen molar-refractivity contribution in [1.29, 1.82) is 0 Å². The first-order valence-electron chi connectivity index (χ1n) is 8.41. The summed E-state index contributed by atoms with van der Waals surface area (Å²) in [5.74, 6) is 0.996. The molecule has 1 saturated heterocycles. The van der Waals surface area contributed by atoms with E-state index in [1.54, 1.807) is 16.7 Å². The summed E-state index contributed by atoms with van der Waals surface area (Å²) in [5.41, 5.74) is 0.770. The van der Waals surface area contributed by atoms with Crippen molar-refractivity contribution in [3.63, 3.8) is 0 Å². The second kappa shape index (κ2) is 8.50. The van der Waals surface area contributed by atoms with Crippen molar-refractivity contribution in [2.75, 3.05) is 29.1 Å². The average molecular weight is 393 g/mol. The number of anilines is 2. The molecule has 1 aliphatic heterocycles. The van der Waals surface area contributed by atoms with Crippen molar-refractivity contribution < 1.29 is 14.3 Å². The van der Waals surface area contributed by atoms with Gasteiger partial charge in [-0.25, -0.2) is 0 Å². The van der Waals surface area contributed by atoms with Crippen LogP contribution >= 0.6 is 23.1 Å². The third kappa shape index (κ3) is 4.34. The average Bonchev–Trinajstić information content (AvgIpc) is 3.23. The second-order valence-electron chi connectivity index (χ2n) is 5.63. The van der Waals surface area contributed by atoms with Crippen LogP contribution in [0.2, 0.25) is 0 Å². The fraction of sp³-hybridized carbons (Fsp3) is 0.412. The van der Waals surface area contributed by atoms with Crippen molar-refractivity contribution in [3.05, 3.63) is 24.3 Å². The molecule has 2 amide bonds. The molecule has 1 atom stereocenters. The topological polar surface area (TPSA) is 84.4 Å². The molecule has 0 bridgehead atoms. The van der Waals surface area contributed by atoms with E-state index in [4.69, 9.17) is 4.74 Å². The lowest BCUT2D eigenvalue weighted by Crippen LogP contribution is -2.28. The number of aromatic nitrogens is 2. The zero-order chi connectivity index (χ0) is 18.5. The molecule has 0 radical (unpaired) electrons. The van der Waals surface area contributed by atoms with Gasteiger partial charge in [0.15, 0.2) is 4.34 Å². The van der Waals surface area contributed by atoms with Gasteiger partial charge in [0.2, 0.25) is 16.9 Å². The third-order valence-corrected chi connectivity index (χ3v) is 5.71. The first-order valence-corrected chi connectivity index (χ1v) is 10.2. The summed E-state index contributed by atoms with van der Waals surface area (Å²) < 4.78 is 6.24. The van der Waals surface area contributed by atoms with Crippen molar-refractivity contribution in [2.24, 2.45) is 5.92 Å². The third-order valence-electron chi connectivity index (χ3n) is 3.86. The lowest BCUT2D eigenvalue weighted by molar-refractivity contribution is -0.122. The summed E-state index contributed by atoms with van der Waals surface area (Å²) in [6, 6.07) is 7.33. The molecule has 1 N–H and O–H groups in total. The second-order valence-corrected chi connectivity index (χ2v) is 8.12. The molecule has 138 valence electrons. The minimum absolute atomic E-state index is 0.0613. The Balaban J connectivity index is 1.61. The number of rotatable bonds is 7. The van der Waals surface area contributed by atoms with Gasteiger partial charge in [-0.3, -0.25) is 9.59 Å². The smallest absolute Gasteiger partial charge is 0.231 e. The lowest BCUT2D eigenvalue weighted by atomic mass is 10.1. The highest BCUT2D eigenvalue weighted by Gasteiger charge is 2.35. The van der Waals surface area contributed by atoms with E-state index in [1.807, 2.05) is 38.1 Å². The maximum atomic E-state index is 12.5. The van der Waals surface area contributed by atoms with Gasteiger partial charge in [0.05, 0.1) is 12.5 Å². The number of amides is 2. The summed E-state index contributed by atoms with van der Waals surface area (Å²) in [5, 5.41) is 11.2. The van der Waals surface area contributed by atoms with Gasteiger partial charge in [0.1, 0.15) is 5.75 Å². The van der Waals surface area contributed by atoms with Crippen LogP contribution in [0.15, 0.2) is 28.6 Å². The first kappa shape index (κ1) is 18.7. The number of benzene rings is 1. The van der Waals surface area contributed by atoms with E-state index in [1.165, 1.54) is 11.3 Å². The van der Waals surface area contributed by atoms with Gasteiger partial charge in [-0.1, -0.05) is 30.0 Å². The normalized spacial score (nSPS) is 16.8. The predicted molar refractivity (Wildman–Crippen MR) is 103 cm³/mol. The van der Waals surface area contributed by atoms with Crippen LogP contribution in [-0.4, -0.2) is 40.9 Å². The van der Waals surface area contributed by atoms with E-state index < -0.39 is 5.92 Å². The minimum Gasteiger partial charge on any atom is -0.494 e. The van der Waals surface area contributed by atoms with Crippen LogP contribution in [0.25, 0.3) is 0 Å². The Hall–Kier alpha value is -2.13. The van der Waals surface area contributed by atoms with Crippen molar-refractivity contribution >= 4 is 45.7 Å². The summed E-state index contributed by atoms with van der Waals surface area (Å²) in [7, 11) is 0. The molecule has 0 spiro atoms. The van der Waals surface area contributed by atoms with E-state index in [0.29, 0.717) is 18.3 Å². The number of nitrogens with one attached hydrogen (secondary N) is 1. The Morgan fingerprint density at radius 3 is 2.81 bits per heavy atom. The van der Waals surface area contributed by atoms with E-state index in [-0.39, 0.29) is 18.2 Å². The standard InChI is InChI=1S/C17H20N4O3S2/c1-3-24-13-7-5-12(6-8-13)21-10-11(9-14(21)22)15(23)18-16-19-20-17(26-16)25-4-2/h5-8,11H,3-4,9-10H2,1-2H3,(H,18,19,23)/t11-/m0/s1. The largest absolute Gasteiger partial charge is 0.494 e. The highest BCUT2D eigenvalue weighted by molar-refractivity contribution is 8.01. The number of ether oxygens (including phenoxy) is 1. The molecule has 1 fully saturated rings. The van der Waals surface area contributed by atoms with Crippen LogP contribution in [0.1, 0.15) is 20.3 Å². The Labute approximate surface area is 160 Å². The Kier molecular flexibility index (Phi) is 6.10. The molecule has 7 nitrogen and oxygen atoms in total. The van der Waals surface area contributed by atoms with Gasteiger partial charge in [-0.05, 0) is 36.9 Å². The zero-order valence-electron chi connectivity index (χ0n) is 14.6. The number of nitrogens with zero attached hydrogens (tertiary/aromatic N) is 3. The van der Waals surface area contributed by atoms with E-state index in [0.717, 1.165) is 21.5 Å². The number of carbonyl (C=O) groups excluding carboxylic acids is 2. The fourth-order valence-electron chi connectivity index (χ4n) is 2.67. The highest BCUT2D eigenvalue weighted by Crippen LogP contribution is 2.29. The summed E-state index contributed by atoms with van der Waals surface area (Å²) >= 11 is 2.92. The van der Waals surface area contributed by atoms with Crippen LogP contribution in [0, 0.1) is 5.92 Å². The van der Waals surface area contributed by atoms with Crippen LogP contribution in [0.5, 0.6) is 5.75 Å². The lowest BCUT2D eigenvalue weighted by Gasteiger charge is -2.17. The van der Waals surface area contributed by atoms with Crippen LogP contribution in [-0.2, 0) is 9.59 Å². The quantitative estimate of drug-likeness (QED) is 0.576. The Morgan fingerprint density at radius 2 is 2.12 bits per heavy atom. The van der Waals surface area contributed by atoms with Gasteiger partial charge in [-0.2, -0.15) is 0 Å². The number of thioether (sulfide) groups is 1. The number of carbonyl (C=O) groups is 2. The van der Waals surface area contributed by atoms with E-state index in [2.05, 4.69) is 15.5 Å². The van der Waals surface area contributed by atoms with Crippen LogP contribution in [0.3, 0.4) is 0 Å². The summed E-state index contributed by atoms with van der Waals surface area (Å²) in [6.07, 6.45) is 0.189. The van der Waals surface area contributed by atoms with E-state index >= 15 is 0 Å². The van der Waals surface area contributed by atoms with E-state index in [9.17, 15) is 9.59 Å². The monoisotopic (exact) mass is 392 g/mol. The highest BCUT2D eigenvalue weighted by atomic mass is 32.2. The molecular formula is C17H20N4O3S2. The van der Waals surface area contributed by atoms with Crippen LogP contribution < -0.4 is 15.0 Å². The van der Waals surface area contributed by atoms with Gasteiger partial charge >= 0.3 is 0 Å². The molecule has 1 aromatic heterocycles. The van der Waals surface area contributed by atoms with Crippen molar-refractivity contribution in [1.82, 2.24) is 10.2 Å². The molecule has 26 heavy (non-hydrogen) atoms. The molecule has 2 aromatic rings. The predicted octanol–water partition coefficient (Wildman–Crippen LogP) is 3.04. The number of hydrogen-bond acceptors (Lipinski definition) is 7. The maximum Gasteiger partial charge on any atom is 0.231 e. The molecule has 3 rings (SSSR count). The molecule has 0 saturated carbocycles. The zero-order valence-corrected chi connectivity index (χ0v) is 16.2. The van der Waals surface area contributed by atoms with Gasteiger partial charge in [0, 0.05) is 18.7 Å². The summed E-state index contributed by atoms with van der Waals surface area (Å²) in [4.78, 5) is 26.4. The van der Waals surface area contributed by atoms with Crippen LogP contribution in [0.4, 0.5) is 10.8 Å². The van der Waals surface area contributed by atoms with Gasteiger partial charge in [0.25, 0.3) is 0 Å². The molecule has 9 heteroatoms. The maximum absolute atomic E-state index is 12.5. The molecule has 0 unspecified atom stereocenters. The molecule has 2 heterocycles. The SMILES string of the molecule is CCOc1ccc(N2C[C@@H](C(=O)Nc3nnc(SCC)s3)CC2=O)cc1. The first-order chi connectivity index (χ1) is 12.6. The molecule has 1 aliphatic rings. The fourth-order valence-corrected chi connectivity index (χ4v) is 4.32. The molecular weight excluding hydrogens is 372 g/mol. The Bertz CT molecular complexity index is 779.